The van der Waals surface area contributed by atoms with E-state index in [-0.39, 0.29) is 0 Å². The Labute approximate surface area is 157 Å². The first-order chi connectivity index (χ1) is 13.4. The second-order valence-electron chi connectivity index (χ2n) is 6.43. The molecule has 0 radical (unpaired) electrons. The molecule has 3 heteroatoms. The number of imidazole rings is 1. The lowest BCUT2D eigenvalue weighted by molar-refractivity contribution is 1.25. The van der Waals surface area contributed by atoms with Crippen LogP contribution < -0.4 is 0 Å². The summed E-state index contributed by atoms with van der Waals surface area (Å²) in [4.78, 5) is 13.2. The molecule has 0 aliphatic carbocycles. The molecule has 27 heavy (non-hydrogen) atoms. The summed E-state index contributed by atoms with van der Waals surface area (Å²) in [6.45, 7) is 0. The van der Waals surface area contributed by atoms with Crippen molar-refractivity contribution in [3.8, 4) is 34.0 Å². The Morgan fingerprint density at radius 1 is 0.556 bits per heavy atom. The number of nitrogens with zero attached hydrogens (tertiary/aromatic N) is 2. The van der Waals surface area contributed by atoms with Crippen LogP contribution in [0.15, 0.2) is 97.1 Å². The highest BCUT2D eigenvalue weighted by atomic mass is 15.0. The average molecular weight is 347 g/mol. The first-order valence-electron chi connectivity index (χ1n) is 8.95. The van der Waals surface area contributed by atoms with Gasteiger partial charge in [-0.25, -0.2) is 9.97 Å². The summed E-state index contributed by atoms with van der Waals surface area (Å²) in [5.41, 5.74) is 5.94. The fraction of sp³-hybridized carbons (Fsp3) is 0. The summed E-state index contributed by atoms with van der Waals surface area (Å²) in [5, 5.41) is 1.12. The molecule has 0 fully saturated rings. The SMILES string of the molecule is c1ccc(-c2nc(-c3ccc4ccccc4n3)[nH]c2-c2ccccc2)cc1. The van der Waals surface area contributed by atoms with Crippen LogP contribution in [-0.2, 0) is 0 Å². The molecule has 0 aliphatic rings. The molecular formula is C24H17N3. The lowest BCUT2D eigenvalue weighted by atomic mass is 10.1. The summed E-state index contributed by atoms with van der Waals surface area (Å²) < 4.78 is 0. The van der Waals surface area contributed by atoms with Gasteiger partial charge in [0.25, 0.3) is 0 Å². The first kappa shape index (κ1) is 15.5. The van der Waals surface area contributed by atoms with E-state index < -0.39 is 0 Å². The molecule has 2 aromatic heterocycles. The van der Waals surface area contributed by atoms with Gasteiger partial charge in [-0.2, -0.15) is 0 Å². The normalized spacial score (nSPS) is 11.0. The van der Waals surface area contributed by atoms with Gasteiger partial charge >= 0.3 is 0 Å². The van der Waals surface area contributed by atoms with E-state index in [1.54, 1.807) is 0 Å². The van der Waals surface area contributed by atoms with Gasteiger partial charge in [0, 0.05) is 16.5 Å². The van der Waals surface area contributed by atoms with E-state index in [2.05, 4.69) is 41.4 Å². The zero-order valence-electron chi connectivity index (χ0n) is 14.6. The summed E-state index contributed by atoms with van der Waals surface area (Å²) >= 11 is 0. The predicted octanol–water partition coefficient (Wildman–Crippen LogP) is 5.96. The van der Waals surface area contributed by atoms with Crippen LogP contribution in [-0.4, -0.2) is 15.0 Å². The summed E-state index contributed by atoms with van der Waals surface area (Å²) in [5.74, 6) is 0.776. The third kappa shape index (κ3) is 2.89. The quantitative estimate of drug-likeness (QED) is 0.437. The second-order valence-corrected chi connectivity index (χ2v) is 6.43. The van der Waals surface area contributed by atoms with Crippen molar-refractivity contribution in [2.75, 3.05) is 0 Å². The average Bonchev–Trinajstić information content (AvgIpc) is 3.20. The van der Waals surface area contributed by atoms with Crippen molar-refractivity contribution in [1.82, 2.24) is 15.0 Å². The van der Waals surface area contributed by atoms with E-state index in [9.17, 15) is 0 Å². The first-order valence-corrected chi connectivity index (χ1v) is 8.95. The maximum atomic E-state index is 4.92. The van der Waals surface area contributed by atoms with Gasteiger partial charge in [-0.15, -0.1) is 0 Å². The number of rotatable bonds is 3. The fourth-order valence-corrected chi connectivity index (χ4v) is 3.31. The molecule has 5 aromatic rings. The lowest BCUT2D eigenvalue weighted by Gasteiger charge is -2.02. The summed E-state index contributed by atoms with van der Waals surface area (Å²) in [6.07, 6.45) is 0. The molecule has 3 nitrogen and oxygen atoms in total. The third-order valence-electron chi connectivity index (χ3n) is 4.65. The summed E-state index contributed by atoms with van der Waals surface area (Å²) in [7, 11) is 0. The van der Waals surface area contributed by atoms with Gasteiger partial charge in [-0.3, -0.25) is 0 Å². The molecule has 0 spiro atoms. The Balaban J connectivity index is 1.70. The maximum Gasteiger partial charge on any atom is 0.157 e. The summed E-state index contributed by atoms with van der Waals surface area (Å²) in [6, 6.07) is 32.8. The number of nitrogens with one attached hydrogen (secondary N) is 1. The van der Waals surface area contributed by atoms with Crippen molar-refractivity contribution in [2.24, 2.45) is 0 Å². The Bertz CT molecular complexity index is 1150. The largest absolute Gasteiger partial charge is 0.336 e. The Morgan fingerprint density at radius 2 is 1.22 bits per heavy atom. The number of fused-ring (bicyclic) bond motifs is 1. The lowest BCUT2D eigenvalue weighted by Crippen LogP contribution is -1.87. The van der Waals surface area contributed by atoms with Gasteiger partial charge in [0.2, 0.25) is 0 Å². The molecule has 0 unspecified atom stereocenters. The molecule has 0 aliphatic heterocycles. The maximum absolute atomic E-state index is 4.92. The van der Waals surface area contributed by atoms with Crippen molar-refractivity contribution < 1.29 is 0 Å². The van der Waals surface area contributed by atoms with E-state index in [0.717, 1.165) is 44.9 Å². The van der Waals surface area contributed by atoms with Gasteiger partial charge in [0.05, 0.1) is 16.9 Å². The third-order valence-corrected chi connectivity index (χ3v) is 4.65. The van der Waals surface area contributed by atoms with Gasteiger partial charge in [0.1, 0.15) is 5.69 Å². The molecule has 0 bridgehead atoms. The van der Waals surface area contributed by atoms with Crippen LogP contribution in [0.5, 0.6) is 0 Å². The van der Waals surface area contributed by atoms with Crippen LogP contribution in [0.4, 0.5) is 0 Å². The Kier molecular flexibility index (Phi) is 3.76. The molecule has 2 heterocycles. The number of aromatic amines is 1. The van der Waals surface area contributed by atoms with Crippen molar-refractivity contribution in [2.45, 2.75) is 0 Å². The monoisotopic (exact) mass is 347 g/mol. The number of hydrogen-bond donors (Lipinski definition) is 1. The topological polar surface area (TPSA) is 41.6 Å². The van der Waals surface area contributed by atoms with E-state index in [1.807, 2.05) is 60.7 Å². The number of H-pyrrole nitrogens is 1. The smallest absolute Gasteiger partial charge is 0.157 e. The van der Waals surface area contributed by atoms with Crippen molar-refractivity contribution in [1.29, 1.82) is 0 Å². The van der Waals surface area contributed by atoms with Crippen LogP contribution >= 0.6 is 0 Å². The molecule has 0 saturated heterocycles. The minimum absolute atomic E-state index is 0.776. The molecule has 3 aromatic carbocycles. The molecule has 1 N–H and O–H groups in total. The molecule has 0 atom stereocenters. The van der Waals surface area contributed by atoms with Gasteiger partial charge in [0.15, 0.2) is 5.82 Å². The Hall–Kier alpha value is -3.72. The van der Waals surface area contributed by atoms with E-state index in [4.69, 9.17) is 9.97 Å². The van der Waals surface area contributed by atoms with Gasteiger partial charge in [-0.1, -0.05) is 84.9 Å². The fourth-order valence-electron chi connectivity index (χ4n) is 3.31. The van der Waals surface area contributed by atoms with Crippen molar-refractivity contribution in [3.05, 3.63) is 97.1 Å². The van der Waals surface area contributed by atoms with Crippen LogP contribution in [0.1, 0.15) is 0 Å². The highest BCUT2D eigenvalue weighted by molar-refractivity contribution is 5.83. The van der Waals surface area contributed by atoms with Crippen LogP contribution in [0, 0.1) is 0 Å². The molecule has 0 saturated carbocycles. The predicted molar refractivity (Wildman–Crippen MR) is 110 cm³/mol. The number of pyridine rings is 1. The molecular weight excluding hydrogens is 330 g/mol. The highest BCUT2D eigenvalue weighted by Crippen LogP contribution is 2.32. The van der Waals surface area contributed by atoms with Gasteiger partial charge < -0.3 is 4.98 Å². The standard InChI is InChI=1S/C24H17N3/c1-3-10-18(11-4-1)22-23(19-12-5-2-6-13-19)27-24(26-22)21-16-15-17-9-7-8-14-20(17)25-21/h1-16H,(H,26,27). The van der Waals surface area contributed by atoms with E-state index in [1.165, 1.54) is 0 Å². The number of hydrogen-bond acceptors (Lipinski definition) is 2. The van der Waals surface area contributed by atoms with Crippen LogP contribution in [0.3, 0.4) is 0 Å². The zero-order valence-corrected chi connectivity index (χ0v) is 14.6. The second kappa shape index (κ2) is 6.54. The zero-order chi connectivity index (χ0) is 18.1. The minimum atomic E-state index is 0.776. The van der Waals surface area contributed by atoms with Gasteiger partial charge in [-0.05, 0) is 12.1 Å². The number of para-hydroxylation sites is 1. The number of aromatic nitrogens is 3. The van der Waals surface area contributed by atoms with E-state index in [0.29, 0.717) is 0 Å². The highest BCUT2D eigenvalue weighted by Gasteiger charge is 2.15. The Morgan fingerprint density at radius 3 is 2.00 bits per heavy atom. The molecule has 128 valence electrons. The van der Waals surface area contributed by atoms with E-state index >= 15 is 0 Å². The van der Waals surface area contributed by atoms with Crippen LogP contribution in [0.25, 0.3) is 44.9 Å². The minimum Gasteiger partial charge on any atom is -0.336 e. The number of benzene rings is 3. The van der Waals surface area contributed by atoms with Crippen molar-refractivity contribution >= 4 is 10.9 Å². The molecule has 5 rings (SSSR count). The van der Waals surface area contributed by atoms with Crippen LogP contribution in [0.2, 0.25) is 0 Å². The van der Waals surface area contributed by atoms with Crippen molar-refractivity contribution in [3.63, 3.8) is 0 Å². The molecule has 0 amide bonds.